The number of epoxide rings is 1. The SMILES string of the molecule is OC[C@H]1O[C@H]1c1cccc(C(F)(F)F)c1. The van der Waals surface area contributed by atoms with E-state index in [0.29, 0.717) is 5.56 Å². The molecule has 2 nitrogen and oxygen atoms in total. The molecule has 0 spiro atoms. The standard InChI is InChI=1S/C10H9F3O2/c11-10(12,13)7-3-1-2-6(4-7)9-8(5-14)15-9/h1-4,8-9,14H,5H2/t8-,9+/m1/s1. The minimum Gasteiger partial charge on any atom is -0.394 e. The van der Waals surface area contributed by atoms with E-state index in [2.05, 4.69) is 0 Å². The molecule has 5 heteroatoms. The summed E-state index contributed by atoms with van der Waals surface area (Å²) in [5.74, 6) is 0. The Hall–Kier alpha value is -1.07. The van der Waals surface area contributed by atoms with Crippen LogP contribution in [0.25, 0.3) is 0 Å². The lowest BCUT2D eigenvalue weighted by atomic mass is 10.1. The van der Waals surface area contributed by atoms with Crippen LogP contribution in [0.4, 0.5) is 13.2 Å². The number of benzene rings is 1. The molecule has 1 aliphatic rings. The molecule has 1 aromatic carbocycles. The van der Waals surface area contributed by atoms with E-state index in [1.165, 1.54) is 6.07 Å². The Balaban J connectivity index is 2.21. The van der Waals surface area contributed by atoms with Gasteiger partial charge in [-0.3, -0.25) is 0 Å². The predicted octanol–water partition coefficient (Wildman–Crippen LogP) is 2.14. The zero-order valence-electron chi connectivity index (χ0n) is 7.66. The van der Waals surface area contributed by atoms with Gasteiger partial charge in [-0.2, -0.15) is 13.2 Å². The molecule has 0 aromatic heterocycles. The maximum Gasteiger partial charge on any atom is 0.416 e. The van der Waals surface area contributed by atoms with E-state index in [-0.39, 0.29) is 12.7 Å². The maximum atomic E-state index is 12.3. The van der Waals surface area contributed by atoms with Crippen LogP contribution in [0.15, 0.2) is 24.3 Å². The minimum atomic E-state index is -4.33. The smallest absolute Gasteiger partial charge is 0.394 e. The first kappa shape index (κ1) is 10.4. The van der Waals surface area contributed by atoms with Gasteiger partial charge in [-0.25, -0.2) is 0 Å². The van der Waals surface area contributed by atoms with Gasteiger partial charge in [-0.1, -0.05) is 12.1 Å². The molecule has 1 aromatic rings. The first-order chi connectivity index (χ1) is 7.02. The third-order valence-corrected chi connectivity index (χ3v) is 2.30. The van der Waals surface area contributed by atoms with Gasteiger partial charge in [0.1, 0.15) is 12.2 Å². The minimum absolute atomic E-state index is 0.166. The molecule has 0 saturated carbocycles. The number of alkyl halides is 3. The fourth-order valence-electron chi connectivity index (χ4n) is 1.47. The Bertz CT molecular complexity index is 362. The number of halogens is 3. The first-order valence-electron chi connectivity index (χ1n) is 4.46. The van der Waals surface area contributed by atoms with E-state index in [4.69, 9.17) is 9.84 Å². The van der Waals surface area contributed by atoms with Crippen molar-refractivity contribution in [1.82, 2.24) is 0 Å². The lowest BCUT2D eigenvalue weighted by Gasteiger charge is -2.07. The highest BCUT2D eigenvalue weighted by Gasteiger charge is 2.40. The predicted molar refractivity (Wildman–Crippen MR) is 46.1 cm³/mol. The number of aliphatic hydroxyl groups excluding tert-OH is 1. The van der Waals surface area contributed by atoms with Gasteiger partial charge in [-0.05, 0) is 17.7 Å². The van der Waals surface area contributed by atoms with Crippen LogP contribution < -0.4 is 0 Å². The van der Waals surface area contributed by atoms with Crippen molar-refractivity contribution in [2.24, 2.45) is 0 Å². The zero-order chi connectivity index (χ0) is 11.1. The van der Waals surface area contributed by atoms with E-state index in [0.717, 1.165) is 12.1 Å². The Morgan fingerprint density at radius 2 is 2.07 bits per heavy atom. The van der Waals surface area contributed by atoms with Crippen LogP contribution in [-0.2, 0) is 10.9 Å². The van der Waals surface area contributed by atoms with Crippen LogP contribution in [0.2, 0.25) is 0 Å². The van der Waals surface area contributed by atoms with Crippen LogP contribution in [0.1, 0.15) is 17.2 Å². The molecule has 1 aliphatic heterocycles. The highest BCUT2D eigenvalue weighted by atomic mass is 19.4. The number of ether oxygens (including phenoxy) is 1. The second-order valence-corrected chi connectivity index (χ2v) is 3.40. The third-order valence-electron chi connectivity index (χ3n) is 2.30. The van der Waals surface area contributed by atoms with Crippen LogP contribution in [0.3, 0.4) is 0 Å². The highest BCUT2D eigenvalue weighted by molar-refractivity contribution is 5.29. The molecule has 1 N–H and O–H groups in total. The molecule has 0 unspecified atom stereocenters. The van der Waals surface area contributed by atoms with Crippen LogP contribution >= 0.6 is 0 Å². The number of rotatable bonds is 2. The van der Waals surface area contributed by atoms with Crippen molar-refractivity contribution in [3.63, 3.8) is 0 Å². The van der Waals surface area contributed by atoms with Crippen molar-refractivity contribution < 1.29 is 23.0 Å². The van der Waals surface area contributed by atoms with Crippen molar-refractivity contribution in [3.05, 3.63) is 35.4 Å². The normalized spacial score (nSPS) is 25.3. The van der Waals surface area contributed by atoms with E-state index < -0.39 is 17.8 Å². The molecule has 2 atom stereocenters. The Morgan fingerprint density at radius 1 is 1.33 bits per heavy atom. The van der Waals surface area contributed by atoms with Crippen LogP contribution in [0, 0.1) is 0 Å². The first-order valence-corrected chi connectivity index (χ1v) is 4.46. The molecule has 0 amide bonds. The summed E-state index contributed by atoms with van der Waals surface area (Å²) in [6.07, 6.45) is -5.08. The van der Waals surface area contributed by atoms with Gasteiger partial charge in [0.05, 0.1) is 12.2 Å². The van der Waals surface area contributed by atoms with E-state index >= 15 is 0 Å². The van der Waals surface area contributed by atoms with Gasteiger partial charge >= 0.3 is 6.18 Å². The van der Waals surface area contributed by atoms with Gasteiger partial charge in [0.25, 0.3) is 0 Å². The summed E-state index contributed by atoms with van der Waals surface area (Å²) < 4.78 is 42.0. The molecule has 0 radical (unpaired) electrons. The lowest BCUT2D eigenvalue weighted by Crippen LogP contribution is -2.05. The second-order valence-electron chi connectivity index (χ2n) is 3.40. The van der Waals surface area contributed by atoms with Crippen molar-refractivity contribution in [1.29, 1.82) is 0 Å². The van der Waals surface area contributed by atoms with Gasteiger partial charge in [-0.15, -0.1) is 0 Å². The monoisotopic (exact) mass is 218 g/mol. The summed E-state index contributed by atoms with van der Waals surface area (Å²) in [6.45, 7) is -0.166. The summed E-state index contributed by atoms with van der Waals surface area (Å²) >= 11 is 0. The lowest BCUT2D eigenvalue weighted by molar-refractivity contribution is -0.137. The molecule has 15 heavy (non-hydrogen) atoms. The Morgan fingerprint density at radius 3 is 2.60 bits per heavy atom. The summed E-state index contributed by atoms with van der Waals surface area (Å²) in [5.41, 5.74) is -0.226. The van der Waals surface area contributed by atoms with E-state index in [9.17, 15) is 13.2 Å². The molecular weight excluding hydrogens is 209 g/mol. The average molecular weight is 218 g/mol. The van der Waals surface area contributed by atoms with E-state index in [1.807, 2.05) is 0 Å². The molecule has 2 rings (SSSR count). The van der Waals surface area contributed by atoms with Crippen molar-refractivity contribution in [3.8, 4) is 0 Å². The van der Waals surface area contributed by atoms with Gasteiger partial charge in [0, 0.05) is 0 Å². The molecular formula is C10H9F3O2. The van der Waals surface area contributed by atoms with Gasteiger partial charge in [0.2, 0.25) is 0 Å². The molecule has 0 aliphatic carbocycles. The largest absolute Gasteiger partial charge is 0.416 e. The van der Waals surface area contributed by atoms with Gasteiger partial charge in [0.15, 0.2) is 0 Å². The van der Waals surface area contributed by atoms with Crippen molar-refractivity contribution in [2.75, 3.05) is 6.61 Å². The molecule has 82 valence electrons. The zero-order valence-corrected chi connectivity index (χ0v) is 7.66. The fourth-order valence-corrected chi connectivity index (χ4v) is 1.47. The molecule has 1 fully saturated rings. The molecule has 0 bridgehead atoms. The quantitative estimate of drug-likeness (QED) is 0.771. The Labute approximate surface area is 84.3 Å². The van der Waals surface area contributed by atoms with Crippen molar-refractivity contribution >= 4 is 0 Å². The molecule has 1 saturated heterocycles. The highest BCUT2D eigenvalue weighted by Crippen LogP contribution is 2.40. The number of aliphatic hydroxyl groups is 1. The Kier molecular flexibility index (Phi) is 2.44. The van der Waals surface area contributed by atoms with Gasteiger partial charge < -0.3 is 9.84 Å². The van der Waals surface area contributed by atoms with Crippen LogP contribution in [0.5, 0.6) is 0 Å². The number of hydrogen-bond donors (Lipinski definition) is 1. The average Bonchev–Trinajstić information content (AvgIpc) is 2.95. The summed E-state index contributed by atoms with van der Waals surface area (Å²) in [4.78, 5) is 0. The second kappa shape index (κ2) is 3.50. The maximum absolute atomic E-state index is 12.3. The summed E-state index contributed by atoms with van der Waals surface area (Å²) in [7, 11) is 0. The third kappa shape index (κ3) is 2.13. The van der Waals surface area contributed by atoms with Crippen molar-refractivity contribution in [2.45, 2.75) is 18.4 Å². The fraction of sp³-hybridized carbons (Fsp3) is 0.400. The topological polar surface area (TPSA) is 32.8 Å². The van der Waals surface area contributed by atoms with Crippen LogP contribution in [-0.4, -0.2) is 17.8 Å². The van der Waals surface area contributed by atoms with E-state index in [1.54, 1.807) is 6.07 Å². The summed E-state index contributed by atoms with van der Waals surface area (Å²) in [6, 6.07) is 4.98. The summed E-state index contributed by atoms with van der Waals surface area (Å²) in [5, 5.41) is 8.72. The molecule has 1 heterocycles. The number of hydrogen-bond acceptors (Lipinski definition) is 2.